The number of terminal acetylenes is 1. The summed E-state index contributed by atoms with van der Waals surface area (Å²) in [5.41, 5.74) is 0.317. The largest absolute Gasteiger partial charge is 0.448 e. The van der Waals surface area contributed by atoms with E-state index in [0.29, 0.717) is 11.5 Å². The highest BCUT2D eigenvalue weighted by Crippen LogP contribution is 2.06. The van der Waals surface area contributed by atoms with E-state index in [2.05, 4.69) is 10.9 Å². The van der Waals surface area contributed by atoms with Crippen LogP contribution in [0.1, 0.15) is 16.2 Å². The van der Waals surface area contributed by atoms with Crippen molar-refractivity contribution in [1.82, 2.24) is 9.88 Å². The van der Waals surface area contributed by atoms with E-state index >= 15 is 0 Å². The maximum Gasteiger partial charge on any atom is 0.276 e. The molecular formula is C9H10N2O2. The molecule has 0 aliphatic rings. The first-order valence-electron chi connectivity index (χ1n) is 3.76. The van der Waals surface area contributed by atoms with Crippen LogP contribution < -0.4 is 0 Å². The van der Waals surface area contributed by atoms with Crippen molar-refractivity contribution >= 4 is 5.91 Å². The fourth-order valence-corrected chi connectivity index (χ4v) is 0.900. The summed E-state index contributed by atoms with van der Waals surface area (Å²) in [7, 11) is 1.62. The third-order valence-electron chi connectivity index (χ3n) is 1.62. The lowest BCUT2D eigenvalue weighted by molar-refractivity contribution is 0.0806. The van der Waals surface area contributed by atoms with E-state index < -0.39 is 0 Å². The number of hydrogen-bond donors (Lipinski definition) is 0. The summed E-state index contributed by atoms with van der Waals surface area (Å²) in [6, 6.07) is 0. The summed E-state index contributed by atoms with van der Waals surface area (Å²) in [6.45, 7) is 1.95. The van der Waals surface area contributed by atoms with Crippen LogP contribution in [0.2, 0.25) is 0 Å². The molecule has 1 amide bonds. The fraction of sp³-hybridized carbons (Fsp3) is 0.333. The SMILES string of the molecule is C#CCN(C)C(=O)c1ncoc1C. The van der Waals surface area contributed by atoms with Crippen molar-refractivity contribution < 1.29 is 9.21 Å². The van der Waals surface area contributed by atoms with Gasteiger partial charge < -0.3 is 9.32 Å². The van der Waals surface area contributed by atoms with Gasteiger partial charge in [-0.3, -0.25) is 4.79 Å². The van der Waals surface area contributed by atoms with E-state index in [4.69, 9.17) is 10.8 Å². The normalized spacial score (nSPS) is 9.31. The predicted octanol–water partition coefficient (Wildman–Crippen LogP) is 0.688. The zero-order chi connectivity index (χ0) is 9.84. The first-order valence-corrected chi connectivity index (χ1v) is 3.76. The Bertz CT molecular complexity index is 349. The molecule has 0 unspecified atom stereocenters. The highest BCUT2D eigenvalue weighted by molar-refractivity contribution is 5.93. The maximum atomic E-state index is 11.5. The molecule has 0 radical (unpaired) electrons. The molecule has 0 atom stereocenters. The van der Waals surface area contributed by atoms with Crippen LogP contribution in [0.3, 0.4) is 0 Å². The van der Waals surface area contributed by atoms with Gasteiger partial charge in [-0.1, -0.05) is 5.92 Å². The molecule has 13 heavy (non-hydrogen) atoms. The lowest BCUT2D eigenvalue weighted by atomic mass is 10.3. The van der Waals surface area contributed by atoms with Crippen molar-refractivity contribution in [2.75, 3.05) is 13.6 Å². The van der Waals surface area contributed by atoms with Gasteiger partial charge in [-0.05, 0) is 6.92 Å². The number of oxazole rings is 1. The number of nitrogens with zero attached hydrogens (tertiary/aromatic N) is 2. The zero-order valence-corrected chi connectivity index (χ0v) is 7.57. The van der Waals surface area contributed by atoms with Gasteiger partial charge in [0.05, 0.1) is 6.54 Å². The van der Waals surface area contributed by atoms with Gasteiger partial charge in [0.25, 0.3) is 5.91 Å². The number of hydrogen-bond acceptors (Lipinski definition) is 3. The number of carbonyl (C=O) groups excluding carboxylic acids is 1. The van der Waals surface area contributed by atoms with Crippen LogP contribution in [0.5, 0.6) is 0 Å². The van der Waals surface area contributed by atoms with E-state index in [1.54, 1.807) is 14.0 Å². The summed E-state index contributed by atoms with van der Waals surface area (Å²) < 4.78 is 4.90. The quantitative estimate of drug-likeness (QED) is 0.626. The molecular weight excluding hydrogens is 168 g/mol. The Morgan fingerprint density at radius 3 is 3.00 bits per heavy atom. The summed E-state index contributed by atoms with van der Waals surface area (Å²) in [6.07, 6.45) is 6.31. The zero-order valence-electron chi connectivity index (χ0n) is 7.57. The molecule has 1 aromatic rings. The van der Waals surface area contributed by atoms with Crippen LogP contribution in [-0.2, 0) is 0 Å². The molecule has 0 aliphatic carbocycles. The molecule has 1 heterocycles. The Balaban J connectivity index is 2.81. The molecule has 0 saturated carbocycles. The van der Waals surface area contributed by atoms with Gasteiger partial charge in [-0.15, -0.1) is 6.42 Å². The van der Waals surface area contributed by atoms with E-state index in [1.165, 1.54) is 11.3 Å². The second kappa shape index (κ2) is 3.76. The van der Waals surface area contributed by atoms with Gasteiger partial charge in [-0.25, -0.2) is 4.98 Å². The molecule has 0 aromatic carbocycles. The minimum absolute atomic E-state index is 0.218. The molecule has 1 rings (SSSR count). The van der Waals surface area contributed by atoms with E-state index in [9.17, 15) is 4.79 Å². The predicted molar refractivity (Wildman–Crippen MR) is 47.0 cm³/mol. The Hall–Kier alpha value is -1.76. The Morgan fingerprint density at radius 2 is 2.54 bits per heavy atom. The van der Waals surface area contributed by atoms with Crippen molar-refractivity contribution in [1.29, 1.82) is 0 Å². The fourth-order valence-electron chi connectivity index (χ4n) is 0.900. The lowest BCUT2D eigenvalue weighted by Crippen LogP contribution is -2.27. The maximum absolute atomic E-state index is 11.5. The summed E-state index contributed by atoms with van der Waals surface area (Å²) in [4.78, 5) is 16.7. The second-order valence-electron chi connectivity index (χ2n) is 2.62. The second-order valence-corrected chi connectivity index (χ2v) is 2.62. The van der Waals surface area contributed by atoms with Crippen LogP contribution in [0.15, 0.2) is 10.8 Å². The van der Waals surface area contributed by atoms with Gasteiger partial charge in [0.1, 0.15) is 5.76 Å². The third kappa shape index (κ3) is 1.88. The average molecular weight is 178 g/mol. The Morgan fingerprint density at radius 1 is 1.85 bits per heavy atom. The van der Waals surface area contributed by atoms with E-state index in [-0.39, 0.29) is 12.5 Å². The van der Waals surface area contributed by atoms with Crippen molar-refractivity contribution in [3.8, 4) is 12.3 Å². The van der Waals surface area contributed by atoms with Gasteiger partial charge in [0, 0.05) is 7.05 Å². The monoisotopic (exact) mass is 178 g/mol. The molecule has 0 N–H and O–H groups in total. The van der Waals surface area contributed by atoms with E-state index in [1.807, 2.05) is 0 Å². The van der Waals surface area contributed by atoms with Crippen molar-refractivity contribution in [3.63, 3.8) is 0 Å². The van der Waals surface area contributed by atoms with Gasteiger partial charge >= 0.3 is 0 Å². The summed E-state index contributed by atoms with van der Waals surface area (Å²) >= 11 is 0. The average Bonchev–Trinajstić information content (AvgIpc) is 2.50. The van der Waals surface area contributed by atoms with Crippen molar-refractivity contribution in [2.45, 2.75) is 6.92 Å². The van der Waals surface area contributed by atoms with E-state index in [0.717, 1.165) is 0 Å². The molecule has 0 bridgehead atoms. The number of aromatic nitrogens is 1. The first kappa shape index (κ1) is 9.33. The molecule has 0 fully saturated rings. The highest BCUT2D eigenvalue weighted by atomic mass is 16.3. The molecule has 4 heteroatoms. The number of amides is 1. The number of rotatable bonds is 2. The molecule has 68 valence electrons. The Kier molecular flexibility index (Phi) is 2.70. The summed E-state index contributed by atoms with van der Waals surface area (Å²) in [5, 5.41) is 0. The highest BCUT2D eigenvalue weighted by Gasteiger charge is 2.16. The van der Waals surface area contributed by atoms with Gasteiger partial charge in [-0.2, -0.15) is 0 Å². The first-order chi connectivity index (χ1) is 6.16. The topological polar surface area (TPSA) is 46.3 Å². The number of aryl methyl sites for hydroxylation is 1. The van der Waals surface area contributed by atoms with Crippen LogP contribution in [0, 0.1) is 19.3 Å². The Labute approximate surface area is 76.6 Å². The van der Waals surface area contributed by atoms with Crippen molar-refractivity contribution in [3.05, 3.63) is 17.8 Å². The smallest absolute Gasteiger partial charge is 0.276 e. The molecule has 4 nitrogen and oxygen atoms in total. The lowest BCUT2D eigenvalue weighted by Gasteiger charge is -2.11. The van der Waals surface area contributed by atoms with Crippen LogP contribution in [0.4, 0.5) is 0 Å². The summed E-state index contributed by atoms with van der Waals surface area (Å²) in [5.74, 6) is 2.67. The molecule has 0 spiro atoms. The number of carbonyl (C=O) groups is 1. The standard InChI is InChI=1S/C9H10N2O2/c1-4-5-11(3)9(12)8-7(2)13-6-10-8/h1,6H,5H2,2-3H3. The molecule has 1 aromatic heterocycles. The minimum atomic E-state index is -0.218. The van der Waals surface area contributed by atoms with Crippen LogP contribution in [-0.4, -0.2) is 29.4 Å². The van der Waals surface area contributed by atoms with Gasteiger partial charge in [0.15, 0.2) is 12.1 Å². The minimum Gasteiger partial charge on any atom is -0.448 e. The van der Waals surface area contributed by atoms with Gasteiger partial charge in [0.2, 0.25) is 0 Å². The molecule has 0 saturated heterocycles. The van der Waals surface area contributed by atoms with Crippen LogP contribution in [0.25, 0.3) is 0 Å². The molecule has 0 aliphatic heterocycles. The van der Waals surface area contributed by atoms with Crippen molar-refractivity contribution in [2.24, 2.45) is 0 Å². The van der Waals surface area contributed by atoms with Crippen LogP contribution >= 0.6 is 0 Å². The third-order valence-corrected chi connectivity index (χ3v) is 1.62.